The first-order valence-electron chi connectivity index (χ1n) is 10.9. The molecule has 2 fully saturated rings. The van der Waals surface area contributed by atoms with E-state index in [9.17, 15) is 23.6 Å². The second-order valence-electron chi connectivity index (χ2n) is 8.82. The molecule has 10 heteroatoms. The van der Waals surface area contributed by atoms with E-state index in [0.717, 1.165) is 4.90 Å². The molecule has 4 amide bonds. The quantitative estimate of drug-likeness (QED) is 0.545. The summed E-state index contributed by atoms with van der Waals surface area (Å²) in [6.07, 6.45) is 0.125. The highest BCUT2D eigenvalue weighted by Gasteiger charge is 2.70. The van der Waals surface area contributed by atoms with Crippen molar-refractivity contribution in [1.82, 2.24) is 10.2 Å². The van der Waals surface area contributed by atoms with E-state index < -0.39 is 52.9 Å². The molecule has 0 radical (unpaired) electrons. The number of nitrogens with zero attached hydrogens (tertiary/aromatic N) is 1. The lowest BCUT2D eigenvalue weighted by atomic mass is 9.76. The van der Waals surface area contributed by atoms with Gasteiger partial charge in [-0.1, -0.05) is 12.1 Å². The van der Waals surface area contributed by atoms with Crippen LogP contribution in [0.1, 0.15) is 24.0 Å². The number of nitrogens with two attached hydrogens (primary N) is 1. The van der Waals surface area contributed by atoms with E-state index in [-0.39, 0.29) is 24.9 Å². The van der Waals surface area contributed by atoms with E-state index in [1.807, 2.05) is 0 Å². The van der Waals surface area contributed by atoms with Gasteiger partial charge in [-0.2, -0.15) is 0 Å². The lowest BCUT2D eigenvalue weighted by Gasteiger charge is -2.29. The standard InChI is InChI=1S/C24H23FN4O5/c1-34-14-5-2-12(3-6-14)11-29-21(31)19-17(8-9-18(26)30)28-24(20(19)22(29)32)15-10-13(25)4-7-16(15)27-23(24)33/h2-7,10,17,19-20,28H,8-9,11H2,1H3,(H2,26,30)(H,27,33)/t17?,19-,20+,24?/m1/s1. The van der Waals surface area contributed by atoms with E-state index in [1.165, 1.54) is 25.3 Å². The van der Waals surface area contributed by atoms with Gasteiger partial charge < -0.3 is 15.8 Å². The van der Waals surface area contributed by atoms with Crippen LogP contribution in [-0.4, -0.2) is 41.7 Å². The molecule has 34 heavy (non-hydrogen) atoms. The van der Waals surface area contributed by atoms with Gasteiger partial charge in [-0.25, -0.2) is 4.39 Å². The van der Waals surface area contributed by atoms with Crippen molar-refractivity contribution >= 4 is 29.3 Å². The van der Waals surface area contributed by atoms with Crippen molar-refractivity contribution in [3.8, 4) is 5.75 Å². The van der Waals surface area contributed by atoms with Crippen LogP contribution in [0.2, 0.25) is 0 Å². The summed E-state index contributed by atoms with van der Waals surface area (Å²) >= 11 is 0. The van der Waals surface area contributed by atoms with Crippen LogP contribution < -0.4 is 21.1 Å². The third-order valence-corrected chi connectivity index (χ3v) is 6.97. The molecule has 0 saturated carbocycles. The molecule has 0 bridgehead atoms. The van der Waals surface area contributed by atoms with Gasteiger partial charge in [0.15, 0.2) is 0 Å². The summed E-state index contributed by atoms with van der Waals surface area (Å²) in [5, 5.41) is 5.86. The highest BCUT2D eigenvalue weighted by atomic mass is 19.1. The third-order valence-electron chi connectivity index (χ3n) is 6.97. The smallest absolute Gasteiger partial charge is 0.250 e. The van der Waals surface area contributed by atoms with Crippen LogP contribution in [0, 0.1) is 17.7 Å². The van der Waals surface area contributed by atoms with Crippen molar-refractivity contribution in [2.45, 2.75) is 31.0 Å². The maximum Gasteiger partial charge on any atom is 0.250 e. The third kappa shape index (κ3) is 3.17. The van der Waals surface area contributed by atoms with Crippen LogP contribution in [0.5, 0.6) is 5.75 Å². The minimum Gasteiger partial charge on any atom is -0.497 e. The molecule has 2 aromatic carbocycles. The van der Waals surface area contributed by atoms with Crippen molar-refractivity contribution in [2.24, 2.45) is 17.6 Å². The van der Waals surface area contributed by atoms with Gasteiger partial charge in [0.1, 0.15) is 17.1 Å². The number of amides is 4. The number of halogens is 1. The summed E-state index contributed by atoms with van der Waals surface area (Å²) < 4.78 is 19.4. The number of ether oxygens (including phenoxy) is 1. The average Bonchev–Trinajstić information content (AvgIpc) is 3.39. The maximum atomic E-state index is 14.2. The monoisotopic (exact) mass is 466 g/mol. The Kier molecular flexibility index (Phi) is 5.12. The number of imide groups is 1. The fourth-order valence-electron chi connectivity index (χ4n) is 5.45. The molecule has 0 aliphatic carbocycles. The van der Waals surface area contributed by atoms with Crippen LogP contribution in [0.15, 0.2) is 42.5 Å². The summed E-state index contributed by atoms with van der Waals surface area (Å²) in [6, 6.07) is 10.1. The first-order chi connectivity index (χ1) is 16.3. The first kappa shape index (κ1) is 22.0. The largest absolute Gasteiger partial charge is 0.497 e. The Balaban J connectivity index is 1.56. The van der Waals surface area contributed by atoms with E-state index in [2.05, 4.69) is 10.6 Å². The lowest BCUT2D eigenvalue weighted by molar-refractivity contribution is -0.143. The highest BCUT2D eigenvalue weighted by Crippen LogP contribution is 2.53. The van der Waals surface area contributed by atoms with Gasteiger partial charge in [0.05, 0.1) is 25.5 Å². The number of benzene rings is 2. The zero-order valence-electron chi connectivity index (χ0n) is 18.3. The summed E-state index contributed by atoms with van der Waals surface area (Å²) in [5.74, 6) is -3.97. The Morgan fingerprint density at radius 3 is 2.56 bits per heavy atom. The summed E-state index contributed by atoms with van der Waals surface area (Å²) in [5.41, 5.74) is 5.07. The number of primary amides is 1. The SMILES string of the molecule is COc1ccc(CN2C(=O)[C@@H]3C(CCC(N)=O)NC4(C(=O)Nc5ccc(F)cc54)[C@@H]3C2=O)cc1. The van der Waals surface area contributed by atoms with Crippen LogP contribution >= 0.6 is 0 Å². The van der Waals surface area contributed by atoms with Gasteiger partial charge in [0.25, 0.3) is 0 Å². The molecule has 3 aliphatic rings. The molecule has 4 N–H and O–H groups in total. The second kappa shape index (κ2) is 7.91. The number of hydrogen-bond acceptors (Lipinski definition) is 6. The second-order valence-corrected chi connectivity index (χ2v) is 8.82. The molecule has 176 valence electrons. The normalized spacial score (nSPS) is 27.2. The van der Waals surface area contributed by atoms with Crippen molar-refractivity contribution < 1.29 is 28.3 Å². The number of anilines is 1. The van der Waals surface area contributed by atoms with Gasteiger partial charge in [-0.3, -0.25) is 29.4 Å². The topological polar surface area (TPSA) is 131 Å². The van der Waals surface area contributed by atoms with E-state index in [1.54, 1.807) is 24.3 Å². The molecular formula is C24H23FN4O5. The minimum absolute atomic E-state index is 0.0188. The van der Waals surface area contributed by atoms with Crippen LogP contribution in [0.3, 0.4) is 0 Å². The predicted molar refractivity (Wildman–Crippen MR) is 118 cm³/mol. The molecule has 9 nitrogen and oxygen atoms in total. The number of carbonyl (C=O) groups excluding carboxylic acids is 4. The number of hydrogen-bond donors (Lipinski definition) is 3. The molecule has 2 aromatic rings. The van der Waals surface area contributed by atoms with Crippen molar-refractivity contribution in [3.63, 3.8) is 0 Å². The van der Waals surface area contributed by atoms with Gasteiger partial charge in [-0.05, 0) is 42.3 Å². The molecule has 4 atom stereocenters. The zero-order chi connectivity index (χ0) is 24.2. The zero-order valence-corrected chi connectivity index (χ0v) is 18.3. The van der Waals surface area contributed by atoms with Crippen molar-refractivity contribution in [2.75, 3.05) is 12.4 Å². The molecule has 3 aliphatic heterocycles. The molecule has 2 unspecified atom stereocenters. The lowest BCUT2D eigenvalue weighted by Crippen LogP contribution is -2.53. The van der Waals surface area contributed by atoms with Gasteiger partial charge in [0, 0.05) is 23.7 Å². The number of nitrogens with one attached hydrogen (secondary N) is 2. The van der Waals surface area contributed by atoms with Crippen LogP contribution in [0.4, 0.5) is 10.1 Å². The number of fused-ring (bicyclic) bond motifs is 4. The van der Waals surface area contributed by atoms with E-state index >= 15 is 0 Å². The Morgan fingerprint density at radius 1 is 1.15 bits per heavy atom. The maximum absolute atomic E-state index is 14.2. The summed E-state index contributed by atoms with van der Waals surface area (Å²) in [7, 11) is 1.54. The van der Waals surface area contributed by atoms with Gasteiger partial charge in [-0.15, -0.1) is 0 Å². The predicted octanol–water partition coefficient (Wildman–Crippen LogP) is 1.02. The van der Waals surface area contributed by atoms with Crippen molar-refractivity contribution in [1.29, 1.82) is 0 Å². The van der Waals surface area contributed by atoms with Crippen LogP contribution in [-0.2, 0) is 31.3 Å². The number of carbonyl (C=O) groups is 4. The summed E-state index contributed by atoms with van der Waals surface area (Å²) in [6.45, 7) is 0.0188. The van der Waals surface area contributed by atoms with Crippen molar-refractivity contribution in [3.05, 3.63) is 59.4 Å². The molecule has 0 aromatic heterocycles. The Morgan fingerprint density at radius 2 is 1.88 bits per heavy atom. The summed E-state index contributed by atoms with van der Waals surface area (Å²) in [4.78, 5) is 53.1. The van der Waals surface area contributed by atoms with Gasteiger partial charge in [0.2, 0.25) is 23.6 Å². The average molecular weight is 466 g/mol. The molecular weight excluding hydrogens is 443 g/mol. The van der Waals surface area contributed by atoms with Crippen LogP contribution in [0.25, 0.3) is 0 Å². The number of likely N-dealkylation sites (tertiary alicyclic amines) is 1. The number of rotatable bonds is 6. The van der Waals surface area contributed by atoms with Gasteiger partial charge >= 0.3 is 0 Å². The molecule has 3 heterocycles. The number of methoxy groups -OCH3 is 1. The highest BCUT2D eigenvalue weighted by molar-refractivity contribution is 6.15. The Labute approximate surface area is 194 Å². The minimum atomic E-state index is -1.62. The molecule has 5 rings (SSSR count). The molecule has 2 saturated heterocycles. The van der Waals surface area contributed by atoms with E-state index in [0.29, 0.717) is 17.0 Å². The first-order valence-corrected chi connectivity index (χ1v) is 10.9. The molecule has 1 spiro atoms. The van der Waals surface area contributed by atoms with E-state index in [4.69, 9.17) is 10.5 Å². The Bertz CT molecular complexity index is 1220. The fourth-order valence-corrected chi connectivity index (χ4v) is 5.45. The fraction of sp³-hybridized carbons (Fsp3) is 0.333. The Hall–Kier alpha value is -3.79.